The quantitative estimate of drug-likeness (QED) is 0.401. The van der Waals surface area contributed by atoms with E-state index < -0.39 is 5.78 Å². The Morgan fingerprint density at radius 1 is 1.24 bits per heavy atom. The van der Waals surface area contributed by atoms with Crippen molar-refractivity contribution in [1.82, 2.24) is 14.3 Å². The average molecular weight is 491 g/mol. The number of hydrogen-bond acceptors (Lipinski definition) is 6. The summed E-state index contributed by atoms with van der Waals surface area (Å²) in [6.07, 6.45) is 5.08. The van der Waals surface area contributed by atoms with Crippen LogP contribution in [-0.4, -0.2) is 27.2 Å². The van der Waals surface area contributed by atoms with E-state index in [9.17, 15) is 14.9 Å². The number of para-hydroxylation sites is 1. The first-order valence-electron chi connectivity index (χ1n) is 10.2. The first kappa shape index (κ1) is 23.2. The molecule has 4 rings (SSSR count). The number of ketones is 1. The molecule has 0 radical (unpaired) electrons. The lowest BCUT2D eigenvalue weighted by Gasteiger charge is -2.09. The van der Waals surface area contributed by atoms with Crippen LogP contribution in [0.25, 0.3) is 17.3 Å². The van der Waals surface area contributed by atoms with Crippen LogP contribution in [-0.2, 0) is 7.05 Å². The maximum Gasteiger partial charge on any atom is 0.273 e. The molecule has 0 aliphatic rings. The van der Waals surface area contributed by atoms with Gasteiger partial charge in [0, 0.05) is 23.8 Å². The molecule has 0 saturated carbocycles. The first-order valence-corrected chi connectivity index (χ1v) is 11.3. The van der Waals surface area contributed by atoms with E-state index in [1.54, 1.807) is 79.6 Å². The standard InChI is InChI=1S/C25H19ClN4O3S/c1-15-19(26)8-6-9-20(15)30-24(32)22(11-16-13-28-29(2)14-16)34-25(30)18(12-27)23(31)17-7-4-5-10-21(17)33-3/h4-11,13-14H,1-3H3/b22-11-,25-18-. The van der Waals surface area contributed by atoms with E-state index in [1.807, 2.05) is 6.07 Å². The molecule has 0 fully saturated rings. The van der Waals surface area contributed by atoms with Gasteiger partial charge in [0.25, 0.3) is 5.56 Å². The van der Waals surface area contributed by atoms with Crippen LogP contribution in [0.3, 0.4) is 0 Å². The van der Waals surface area contributed by atoms with Gasteiger partial charge in [0.05, 0.1) is 29.1 Å². The Morgan fingerprint density at radius 3 is 2.68 bits per heavy atom. The fraction of sp³-hybridized carbons (Fsp3) is 0.120. The Hall–Kier alpha value is -3.93. The van der Waals surface area contributed by atoms with Gasteiger partial charge in [-0.15, -0.1) is 11.3 Å². The zero-order valence-corrected chi connectivity index (χ0v) is 20.1. The number of aromatic nitrogens is 3. The highest BCUT2D eigenvalue weighted by molar-refractivity contribution is 7.07. The van der Waals surface area contributed by atoms with Gasteiger partial charge in [-0.3, -0.25) is 18.8 Å². The van der Waals surface area contributed by atoms with Crippen molar-refractivity contribution in [3.63, 3.8) is 0 Å². The van der Waals surface area contributed by atoms with Crippen molar-refractivity contribution in [2.45, 2.75) is 6.92 Å². The highest BCUT2D eigenvalue weighted by Crippen LogP contribution is 2.23. The largest absolute Gasteiger partial charge is 0.496 e. The Bertz CT molecular complexity index is 1640. The molecule has 0 amide bonds. The van der Waals surface area contributed by atoms with Crippen molar-refractivity contribution in [1.29, 1.82) is 5.26 Å². The molecule has 170 valence electrons. The SMILES string of the molecule is COc1ccccc1C(=O)/C(C#N)=c1\s/c(=C\c2cnn(C)c2)c(=O)n1-c1cccc(Cl)c1C. The smallest absolute Gasteiger partial charge is 0.273 e. The molecular weight excluding hydrogens is 472 g/mol. The van der Waals surface area contributed by atoms with E-state index in [0.717, 1.165) is 16.9 Å². The molecular formula is C25H19ClN4O3S. The summed E-state index contributed by atoms with van der Waals surface area (Å²) in [6.45, 7) is 1.78. The van der Waals surface area contributed by atoms with Gasteiger partial charge in [0.1, 0.15) is 22.1 Å². The molecule has 4 aromatic rings. The zero-order valence-electron chi connectivity index (χ0n) is 18.6. The molecule has 0 spiro atoms. The third-order valence-corrected chi connectivity index (χ3v) is 6.73. The molecule has 2 heterocycles. The van der Waals surface area contributed by atoms with Crippen molar-refractivity contribution >= 4 is 40.4 Å². The number of nitrogens with zero attached hydrogens (tertiary/aromatic N) is 4. The van der Waals surface area contributed by atoms with E-state index in [0.29, 0.717) is 26.6 Å². The fourth-order valence-corrected chi connectivity index (χ4v) is 4.80. The normalized spacial score (nSPS) is 12.4. The maximum absolute atomic E-state index is 13.6. The van der Waals surface area contributed by atoms with Gasteiger partial charge in [-0.1, -0.05) is 29.8 Å². The summed E-state index contributed by atoms with van der Waals surface area (Å²) in [4.78, 5) is 27.1. The maximum atomic E-state index is 13.6. The van der Waals surface area contributed by atoms with E-state index in [4.69, 9.17) is 16.3 Å². The molecule has 9 heteroatoms. The van der Waals surface area contributed by atoms with Crippen LogP contribution < -0.4 is 19.5 Å². The second-order valence-electron chi connectivity index (χ2n) is 7.40. The number of nitriles is 1. The summed E-state index contributed by atoms with van der Waals surface area (Å²) in [5, 5.41) is 14.7. The number of rotatable bonds is 5. The second-order valence-corrected chi connectivity index (χ2v) is 8.84. The molecule has 0 aliphatic carbocycles. The lowest BCUT2D eigenvalue weighted by Crippen LogP contribution is -2.32. The molecule has 0 aliphatic heterocycles. The Balaban J connectivity index is 2.11. The minimum Gasteiger partial charge on any atom is -0.496 e. The number of carbonyl (C=O) groups excluding carboxylic acids is 1. The van der Waals surface area contributed by atoms with Crippen molar-refractivity contribution in [3.05, 3.63) is 96.1 Å². The van der Waals surface area contributed by atoms with E-state index >= 15 is 0 Å². The number of Topliss-reactive ketones (excluding diaryl/α,β-unsaturated/α-hetero) is 1. The van der Waals surface area contributed by atoms with Gasteiger partial charge in [-0.05, 0) is 42.8 Å². The third-order valence-electron chi connectivity index (χ3n) is 5.23. The summed E-state index contributed by atoms with van der Waals surface area (Å²) in [6, 6.07) is 13.8. The highest BCUT2D eigenvalue weighted by Gasteiger charge is 2.22. The molecule has 34 heavy (non-hydrogen) atoms. The monoisotopic (exact) mass is 490 g/mol. The number of methoxy groups -OCH3 is 1. The van der Waals surface area contributed by atoms with Gasteiger partial charge >= 0.3 is 0 Å². The average Bonchev–Trinajstić information content (AvgIpc) is 3.39. The number of thiazole rings is 1. The highest BCUT2D eigenvalue weighted by atomic mass is 35.5. The van der Waals surface area contributed by atoms with Crippen LogP contribution in [0.5, 0.6) is 5.75 Å². The van der Waals surface area contributed by atoms with E-state index in [1.165, 1.54) is 11.7 Å². The first-order chi connectivity index (χ1) is 16.3. The topological polar surface area (TPSA) is 89.9 Å². The van der Waals surface area contributed by atoms with Gasteiger partial charge in [-0.2, -0.15) is 10.4 Å². The van der Waals surface area contributed by atoms with Gasteiger partial charge in [0.2, 0.25) is 5.78 Å². The van der Waals surface area contributed by atoms with Crippen molar-refractivity contribution in [2.24, 2.45) is 7.05 Å². The number of aryl methyl sites for hydroxylation is 1. The van der Waals surface area contributed by atoms with Crippen molar-refractivity contribution in [2.75, 3.05) is 7.11 Å². The van der Waals surface area contributed by atoms with Crippen LogP contribution in [0.2, 0.25) is 5.02 Å². The number of halogens is 1. The lowest BCUT2D eigenvalue weighted by atomic mass is 10.0. The van der Waals surface area contributed by atoms with E-state index in [-0.39, 0.29) is 21.4 Å². The van der Waals surface area contributed by atoms with Crippen molar-refractivity contribution < 1.29 is 9.53 Å². The number of ether oxygens (including phenoxy) is 1. The lowest BCUT2D eigenvalue weighted by molar-refractivity contribution is 0.105. The number of benzene rings is 2. The number of carbonyl (C=O) groups is 1. The fourth-order valence-electron chi connectivity index (χ4n) is 3.54. The molecule has 0 unspecified atom stereocenters. The molecule has 0 atom stereocenters. The minimum atomic E-state index is -0.539. The number of hydrogen-bond donors (Lipinski definition) is 0. The molecule has 2 aromatic carbocycles. The Kier molecular flexibility index (Phi) is 6.50. The minimum absolute atomic E-state index is 0.170. The zero-order chi connectivity index (χ0) is 24.4. The molecule has 0 bridgehead atoms. The molecule has 2 aromatic heterocycles. The van der Waals surface area contributed by atoms with Crippen LogP contribution in [0.15, 0.2) is 59.7 Å². The van der Waals surface area contributed by atoms with Crippen LogP contribution in [0.1, 0.15) is 21.5 Å². The molecule has 0 N–H and O–H groups in total. The second kappa shape index (κ2) is 9.51. The molecule has 7 nitrogen and oxygen atoms in total. The van der Waals surface area contributed by atoms with Crippen molar-refractivity contribution in [3.8, 4) is 17.5 Å². The Morgan fingerprint density at radius 2 is 2.00 bits per heavy atom. The summed E-state index contributed by atoms with van der Waals surface area (Å²) in [5.74, 6) is -0.200. The van der Waals surface area contributed by atoms with Gasteiger partial charge < -0.3 is 4.74 Å². The predicted molar refractivity (Wildman–Crippen MR) is 132 cm³/mol. The summed E-state index contributed by atoms with van der Waals surface area (Å²) < 4.78 is 8.88. The predicted octanol–water partition coefficient (Wildman–Crippen LogP) is 2.99. The Labute approximate surface area is 204 Å². The van der Waals surface area contributed by atoms with Crippen LogP contribution >= 0.6 is 22.9 Å². The van der Waals surface area contributed by atoms with Gasteiger partial charge in [0.15, 0.2) is 0 Å². The molecule has 0 saturated heterocycles. The van der Waals surface area contributed by atoms with Gasteiger partial charge in [-0.25, -0.2) is 0 Å². The van der Waals surface area contributed by atoms with E-state index in [2.05, 4.69) is 5.10 Å². The van der Waals surface area contributed by atoms with Crippen LogP contribution in [0.4, 0.5) is 0 Å². The third kappa shape index (κ3) is 4.19. The van der Waals surface area contributed by atoms with Crippen LogP contribution in [0, 0.1) is 18.3 Å². The summed E-state index contributed by atoms with van der Waals surface area (Å²) >= 11 is 7.40. The summed E-state index contributed by atoms with van der Waals surface area (Å²) in [7, 11) is 3.23. The summed E-state index contributed by atoms with van der Waals surface area (Å²) in [5.41, 5.74) is 1.56.